The van der Waals surface area contributed by atoms with E-state index in [9.17, 15) is 0 Å². The maximum Gasteiger partial charge on any atom is 0.0491 e. The molecular formula is C13H21ClN2. The number of hydrogen-bond acceptors (Lipinski definition) is 2. The van der Waals surface area contributed by atoms with E-state index in [4.69, 9.17) is 17.4 Å². The second-order valence-electron chi connectivity index (χ2n) is 4.17. The molecule has 90 valence electrons. The average Bonchev–Trinajstić information content (AvgIpc) is 2.30. The minimum Gasteiger partial charge on any atom is -0.271 e. The fourth-order valence-electron chi connectivity index (χ4n) is 2.20. The lowest BCUT2D eigenvalue weighted by Crippen LogP contribution is -2.33. The summed E-state index contributed by atoms with van der Waals surface area (Å²) in [4.78, 5) is 0. The molecule has 1 rings (SSSR count). The monoisotopic (exact) mass is 240 g/mol. The van der Waals surface area contributed by atoms with Gasteiger partial charge in [0.15, 0.2) is 0 Å². The van der Waals surface area contributed by atoms with Crippen molar-refractivity contribution < 1.29 is 0 Å². The van der Waals surface area contributed by atoms with E-state index in [1.807, 2.05) is 19.1 Å². The molecule has 0 aliphatic rings. The van der Waals surface area contributed by atoms with Crippen molar-refractivity contribution in [3.8, 4) is 0 Å². The van der Waals surface area contributed by atoms with Gasteiger partial charge in [-0.1, -0.05) is 50.4 Å². The number of halogens is 1. The molecule has 0 spiro atoms. The van der Waals surface area contributed by atoms with Gasteiger partial charge in [-0.25, -0.2) is 0 Å². The molecule has 0 heterocycles. The lowest BCUT2D eigenvalue weighted by Gasteiger charge is -2.26. The lowest BCUT2D eigenvalue weighted by molar-refractivity contribution is 0.344. The number of benzene rings is 1. The summed E-state index contributed by atoms with van der Waals surface area (Å²) in [5, 5.41) is 0.809. The number of hydrazine groups is 1. The first-order valence-electron chi connectivity index (χ1n) is 5.86. The fourth-order valence-corrected chi connectivity index (χ4v) is 2.38. The van der Waals surface area contributed by atoms with E-state index >= 15 is 0 Å². The topological polar surface area (TPSA) is 38.0 Å². The van der Waals surface area contributed by atoms with E-state index in [0.717, 1.165) is 23.4 Å². The van der Waals surface area contributed by atoms with Gasteiger partial charge in [0, 0.05) is 11.1 Å². The molecule has 0 radical (unpaired) electrons. The van der Waals surface area contributed by atoms with Crippen LogP contribution < -0.4 is 11.3 Å². The second-order valence-corrected chi connectivity index (χ2v) is 4.58. The maximum atomic E-state index is 6.14. The van der Waals surface area contributed by atoms with Gasteiger partial charge >= 0.3 is 0 Å². The van der Waals surface area contributed by atoms with Gasteiger partial charge in [-0.15, -0.1) is 0 Å². The van der Waals surface area contributed by atoms with Gasteiger partial charge in [-0.2, -0.15) is 0 Å². The minimum atomic E-state index is 0.189. The summed E-state index contributed by atoms with van der Waals surface area (Å²) >= 11 is 6.14. The van der Waals surface area contributed by atoms with Gasteiger partial charge in [0.05, 0.1) is 0 Å². The van der Waals surface area contributed by atoms with E-state index in [1.54, 1.807) is 0 Å². The SMILES string of the molecule is CCC(CC)C(NN)c1cccc(Cl)c1C. The van der Waals surface area contributed by atoms with E-state index in [-0.39, 0.29) is 6.04 Å². The van der Waals surface area contributed by atoms with E-state index in [0.29, 0.717) is 5.92 Å². The zero-order valence-corrected chi connectivity index (χ0v) is 11.0. The number of rotatable bonds is 5. The number of nitrogens with two attached hydrogens (primary N) is 1. The zero-order chi connectivity index (χ0) is 12.1. The highest BCUT2D eigenvalue weighted by atomic mass is 35.5. The van der Waals surface area contributed by atoms with Crippen LogP contribution in [-0.4, -0.2) is 0 Å². The first-order chi connectivity index (χ1) is 7.65. The van der Waals surface area contributed by atoms with Crippen LogP contribution in [0, 0.1) is 12.8 Å². The smallest absolute Gasteiger partial charge is 0.0491 e. The molecule has 0 aromatic heterocycles. The van der Waals surface area contributed by atoms with Gasteiger partial charge in [0.25, 0.3) is 0 Å². The Hall–Kier alpha value is -0.570. The standard InChI is InChI=1S/C13H21ClN2/c1-4-10(5-2)13(16-15)11-7-6-8-12(14)9(11)3/h6-8,10,13,16H,4-5,15H2,1-3H3. The lowest BCUT2D eigenvalue weighted by atomic mass is 9.87. The Morgan fingerprint density at radius 1 is 1.31 bits per heavy atom. The second kappa shape index (κ2) is 6.24. The predicted octanol–water partition coefficient (Wildman–Crippen LogP) is 3.59. The molecule has 0 fully saturated rings. The predicted molar refractivity (Wildman–Crippen MR) is 70.3 cm³/mol. The third-order valence-electron chi connectivity index (χ3n) is 3.34. The molecule has 0 aliphatic carbocycles. The number of hydrogen-bond donors (Lipinski definition) is 2. The molecule has 0 aliphatic heterocycles. The molecular weight excluding hydrogens is 220 g/mol. The van der Waals surface area contributed by atoms with E-state index in [1.165, 1.54) is 5.56 Å². The Balaban J connectivity index is 3.07. The molecule has 16 heavy (non-hydrogen) atoms. The normalized spacial score (nSPS) is 13.1. The summed E-state index contributed by atoms with van der Waals surface area (Å²) in [5.41, 5.74) is 5.27. The quantitative estimate of drug-likeness (QED) is 0.610. The van der Waals surface area contributed by atoms with Crippen LogP contribution >= 0.6 is 11.6 Å². The van der Waals surface area contributed by atoms with Crippen LogP contribution in [0.25, 0.3) is 0 Å². The third-order valence-corrected chi connectivity index (χ3v) is 3.75. The highest BCUT2D eigenvalue weighted by molar-refractivity contribution is 6.31. The van der Waals surface area contributed by atoms with Crippen LogP contribution in [-0.2, 0) is 0 Å². The Morgan fingerprint density at radius 3 is 2.44 bits per heavy atom. The Kier molecular flexibility index (Phi) is 5.26. The van der Waals surface area contributed by atoms with Gasteiger partial charge in [-0.3, -0.25) is 11.3 Å². The molecule has 0 saturated carbocycles. The Morgan fingerprint density at radius 2 is 1.94 bits per heavy atom. The summed E-state index contributed by atoms with van der Waals surface area (Å²) in [6.45, 7) is 6.43. The van der Waals surface area contributed by atoms with Crippen LogP contribution in [0.1, 0.15) is 43.9 Å². The van der Waals surface area contributed by atoms with Crippen LogP contribution in [0.5, 0.6) is 0 Å². The van der Waals surface area contributed by atoms with Gasteiger partial charge < -0.3 is 0 Å². The minimum absolute atomic E-state index is 0.189. The van der Waals surface area contributed by atoms with Gasteiger partial charge in [-0.05, 0) is 30.0 Å². The van der Waals surface area contributed by atoms with Crippen molar-refractivity contribution in [1.29, 1.82) is 0 Å². The van der Waals surface area contributed by atoms with Gasteiger partial charge in [0.1, 0.15) is 0 Å². The van der Waals surface area contributed by atoms with Crippen LogP contribution in [0.4, 0.5) is 0 Å². The summed E-state index contributed by atoms with van der Waals surface area (Å²) in [6, 6.07) is 6.19. The molecule has 2 nitrogen and oxygen atoms in total. The molecule has 0 bridgehead atoms. The number of nitrogens with one attached hydrogen (secondary N) is 1. The Bertz CT molecular complexity index is 335. The van der Waals surface area contributed by atoms with Crippen molar-refractivity contribution >= 4 is 11.6 Å². The van der Waals surface area contributed by atoms with Crippen molar-refractivity contribution in [2.75, 3.05) is 0 Å². The highest BCUT2D eigenvalue weighted by Gasteiger charge is 2.21. The van der Waals surface area contributed by atoms with Crippen molar-refractivity contribution in [3.05, 3.63) is 34.3 Å². The van der Waals surface area contributed by atoms with E-state index < -0.39 is 0 Å². The first-order valence-corrected chi connectivity index (χ1v) is 6.24. The molecule has 3 heteroatoms. The van der Waals surface area contributed by atoms with Crippen molar-refractivity contribution in [2.45, 2.75) is 39.7 Å². The molecule has 1 aromatic carbocycles. The molecule has 1 unspecified atom stereocenters. The fraction of sp³-hybridized carbons (Fsp3) is 0.538. The summed E-state index contributed by atoms with van der Waals surface area (Å²) < 4.78 is 0. The summed E-state index contributed by atoms with van der Waals surface area (Å²) in [5.74, 6) is 6.23. The van der Waals surface area contributed by atoms with Crippen LogP contribution in [0.2, 0.25) is 5.02 Å². The van der Waals surface area contributed by atoms with Crippen LogP contribution in [0.3, 0.4) is 0 Å². The third kappa shape index (κ3) is 2.76. The summed E-state index contributed by atoms with van der Waals surface area (Å²) in [6.07, 6.45) is 2.22. The maximum absolute atomic E-state index is 6.14. The van der Waals surface area contributed by atoms with Gasteiger partial charge in [0.2, 0.25) is 0 Å². The first kappa shape index (κ1) is 13.5. The highest BCUT2D eigenvalue weighted by Crippen LogP contribution is 2.31. The van der Waals surface area contributed by atoms with Crippen molar-refractivity contribution in [3.63, 3.8) is 0 Å². The average molecular weight is 241 g/mol. The van der Waals surface area contributed by atoms with E-state index in [2.05, 4.69) is 25.3 Å². The van der Waals surface area contributed by atoms with Crippen molar-refractivity contribution in [2.24, 2.45) is 11.8 Å². The molecule has 1 aromatic rings. The Labute approximate surface area is 103 Å². The summed E-state index contributed by atoms with van der Waals surface area (Å²) in [7, 11) is 0. The molecule has 0 saturated heterocycles. The molecule has 3 N–H and O–H groups in total. The largest absolute Gasteiger partial charge is 0.271 e. The molecule has 1 atom stereocenters. The van der Waals surface area contributed by atoms with Crippen molar-refractivity contribution in [1.82, 2.24) is 5.43 Å². The molecule has 0 amide bonds. The zero-order valence-electron chi connectivity index (χ0n) is 10.3. The van der Waals surface area contributed by atoms with Crippen LogP contribution in [0.15, 0.2) is 18.2 Å².